The third-order valence-electron chi connectivity index (χ3n) is 3.39. The molecule has 0 spiro atoms. The van der Waals surface area contributed by atoms with Crippen molar-refractivity contribution in [1.29, 1.82) is 0 Å². The lowest BCUT2D eigenvalue weighted by Crippen LogP contribution is -2.26. The minimum atomic E-state index is -3.68. The van der Waals surface area contributed by atoms with Crippen LogP contribution in [0.4, 0.5) is 4.39 Å². The summed E-state index contributed by atoms with van der Waals surface area (Å²) in [6.45, 7) is 2.55. The first kappa shape index (κ1) is 18.4. The normalized spacial score (nSPS) is 12.8. The summed E-state index contributed by atoms with van der Waals surface area (Å²) in [5.74, 6) is 0.204. The van der Waals surface area contributed by atoms with Crippen LogP contribution in [0.25, 0.3) is 0 Å². The molecule has 2 rings (SSSR count). The second-order valence-corrected chi connectivity index (χ2v) is 6.92. The highest BCUT2D eigenvalue weighted by Crippen LogP contribution is 2.19. The van der Waals surface area contributed by atoms with Crippen LogP contribution in [0.15, 0.2) is 53.4 Å². The molecule has 5 nitrogen and oxygen atoms in total. The standard InChI is InChI=1S/C17H20FNO4S/c1-13(14-3-5-15(18)6-4-14)19-24(20,21)17-9-7-16(8-10-17)23-12-11-22-2/h3-10,13,19H,11-12H2,1-2H3/t13-/m0/s1. The Hall–Kier alpha value is -1.96. The van der Waals surface area contributed by atoms with Gasteiger partial charge < -0.3 is 9.47 Å². The van der Waals surface area contributed by atoms with E-state index >= 15 is 0 Å². The first-order valence-electron chi connectivity index (χ1n) is 7.42. The largest absolute Gasteiger partial charge is 0.491 e. The number of hydrogen-bond acceptors (Lipinski definition) is 4. The summed E-state index contributed by atoms with van der Waals surface area (Å²) in [6.07, 6.45) is 0. The minimum absolute atomic E-state index is 0.135. The van der Waals surface area contributed by atoms with Crippen molar-refractivity contribution >= 4 is 10.0 Å². The predicted octanol–water partition coefficient (Wildman–Crippen LogP) is 2.89. The van der Waals surface area contributed by atoms with Gasteiger partial charge in [-0.05, 0) is 48.9 Å². The van der Waals surface area contributed by atoms with Crippen molar-refractivity contribution in [2.75, 3.05) is 20.3 Å². The zero-order valence-electron chi connectivity index (χ0n) is 13.5. The fourth-order valence-electron chi connectivity index (χ4n) is 2.08. The van der Waals surface area contributed by atoms with E-state index in [0.717, 1.165) is 0 Å². The van der Waals surface area contributed by atoms with Crippen LogP contribution in [0.3, 0.4) is 0 Å². The molecule has 24 heavy (non-hydrogen) atoms. The number of methoxy groups -OCH3 is 1. The van der Waals surface area contributed by atoms with E-state index in [0.29, 0.717) is 24.5 Å². The van der Waals surface area contributed by atoms with Crippen LogP contribution in [0.5, 0.6) is 5.75 Å². The lowest BCUT2D eigenvalue weighted by atomic mass is 10.1. The molecule has 0 radical (unpaired) electrons. The molecule has 0 fully saturated rings. The van der Waals surface area contributed by atoms with Gasteiger partial charge in [0.1, 0.15) is 18.2 Å². The van der Waals surface area contributed by atoms with E-state index in [1.165, 1.54) is 24.3 Å². The van der Waals surface area contributed by atoms with Gasteiger partial charge in [0, 0.05) is 13.2 Å². The summed E-state index contributed by atoms with van der Waals surface area (Å²) in [5, 5.41) is 0. The fourth-order valence-corrected chi connectivity index (χ4v) is 3.31. The lowest BCUT2D eigenvalue weighted by molar-refractivity contribution is 0.146. The van der Waals surface area contributed by atoms with Crippen LogP contribution in [-0.2, 0) is 14.8 Å². The van der Waals surface area contributed by atoms with Gasteiger partial charge in [0.15, 0.2) is 0 Å². The SMILES string of the molecule is COCCOc1ccc(S(=O)(=O)N[C@@H](C)c2ccc(F)cc2)cc1. The molecule has 0 aromatic heterocycles. The van der Waals surface area contributed by atoms with Crippen LogP contribution in [0.2, 0.25) is 0 Å². The van der Waals surface area contributed by atoms with Gasteiger partial charge >= 0.3 is 0 Å². The fraction of sp³-hybridized carbons (Fsp3) is 0.294. The Morgan fingerprint density at radius 3 is 2.25 bits per heavy atom. The Bertz CT molecular complexity index is 745. The van der Waals surface area contributed by atoms with Crippen molar-refractivity contribution in [1.82, 2.24) is 4.72 Å². The first-order chi connectivity index (χ1) is 11.4. The molecule has 1 N–H and O–H groups in total. The molecular formula is C17H20FNO4S. The van der Waals surface area contributed by atoms with Crippen molar-refractivity contribution in [3.8, 4) is 5.75 Å². The van der Waals surface area contributed by atoms with Gasteiger partial charge in [0.05, 0.1) is 11.5 Å². The Morgan fingerprint density at radius 2 is 1.67 bits per heavy atom. The number of hydrogen-bond donors (Lipinski definition) is 1. The smallest absolute Gasteiger partial charge is 0.241 e. The highest BCUT2D eigenvalue weighted by Gasteiger charge is 2.18. The van der Waals surface area contributed by atoms with Gasteiger partial charge in [-0.1, -0.05) is 12.1 Å². The van der Waals surface area contributed by atoms with Crippen LogP contribution in [-0.4, -0.2) is 28.7 Å². The van der Waals surface area contributed by atoms with Gasteiger partial charge in [-0.15, -0.1) is 0 Å². The minimum Gasteiger partial charge on any atom is -0.491 e. The average Bonchev–Trinajstić information content (AvgIpc) is 2.56. The van der Waals surface area contributed by atoms with E-state index in [1.807, 2.05) is 0 Å². The maximum atomic E-state index is 12.9. The van der Waals surface area contributed by atoms with E-state index in [9.17, 15) is 12.8 Å². The molecule has 0 unspecified atom stereocenters. The van der Waals surface area contributed by atoms with Crippen molar-refractivity contribution in [2.45, 2.75) is 17.9 Å². The molecule has 0 heterocycles. The molecular weight excluding hydrogens is 333 g/mol. The van der Waals surface area contributed by atoms with Gasteiger partial charge in [-0.2, -0.15) is 0 Å². The number of nitrogens with one attached hydrogen (secondary N) is 1. The number of rotatable bonds is 8. The third kappa shape index (κ3) is 5.02. The van der Waals surface area contributed by atoms with Gasteiger partial charge in [-0.25, -0.2) is 17.5 Å². The highest BCUT2D eigenvalue weighted by atomic mass is 32.2. The van der Waals surface area contributed by atoms with E-state index < -0.39 is 16.1 Å². The van der Waals surface area contributed by atoms with Gasteiger partial charge in [0.25, 0.3) is 0 Å². The topological polar surface area (TPSA) is 64.6 Å². The Balaban J connectivity index is 2.05. The molecule has 7 heteroatoms. The molecule has 0 saturated carbocycles. The summed E-state index contributed by atoms with van der Waals surface area (Å²) in [4.78, 5) is 0.135. The van der Waals surface area contributed by atoms with Crippen LogP contribution >= 0.6 is 0 Å². The monoisotopic (exact) mass is 353 g/mol. The molecule has 0 amide bonds. The third-order valence-corrected chi connectivity index (χ3v) is 4.95. The maximum absolute atomic E-state index is 12.9. The highest BCUT2D eigenvalue weighted by molar-refractivity contribution is 7.89. The quantitative estimate of drug-likeness (QED) is 0.741. The Kier molecular flexibility index (Phi) is 6.30. The van der Waals surface area contributed by atoms with Crippen molar-refractivity contribution < 1.29 is 22.3 Å². The van der Waals surface area contributed by atoms with Crippen LogP contribution in [0.1, 0.15) is 18.5 Å². The maximum Gasteiger partial charge on any atom is 0.241 e. The lowest BCUT2D eigenvalue weighted by Gasteiger charge is -2.15. The van der Waals surface area contributed by atoms with E-state index in [4.69, 9.17) is 9.47 Å². The predicted molar refractivity (Wildman–Crippen MR) is 88.9 cm³/mol. The molecule has 2 aromatic rings. The zero-order valence-corrected chi connectivity index (χ0v) is 14.3. The van der Waals surface area contributed by atoms with Crippen LogP contribution < -0.4 is 9.46 Å². The number of sulfonamides is 1. The second-order valence-electron chi connectivity index (χ2n) is 5.21. The van der Waals surface area contributed by atoms with Gasteiger partial charge in [0.2, 0.25) is 10.0 Å². The van der Waals surface area contributed by atoms with Crippen molar-refractivity contribution in [2.24, 2.45) is 0 Å². The second kappa shape index (κ2) is 8.23. The van der Waals surface area contributed by atoms with Gasteiger partial charge in [-0.3, -0.25) is 0 Å². The Morgan fingerprint density at radius 1 is 1.04 bits per heavy atom. The van der Waals surface area contributed by atoms with E-state index in [2.05, 4.69) is 4.72 Å². The number of benzene rings is 2. The molecule has 130 valence electrons. The Labute approximate surface area is 141 Å². The summed E-state index contributed by atoms with van der Waals surface area (Å²) in [7, 11) is -2.11. The molecule has 0 aliphatic rings. The van der Waals surface area contributed by atoms with Crippen LogP contribution in [0, 0.1) is 5.82 Å². The van der Waals surface area contributed by atoms with Crippen molar-refractivity contribution in [3.63, 3.8) is 0 Å². The van der Waals surface area contributed by atoms with Crippen molar-refractivity contribution in [3.05, 3.63) is 59.9 Å². The molecule has 0 bridgehead atoms. The zero-order chi connectivity index (χ0) is 17.6. The van der Waals surface area contributed by atoms with E-state index in [1.54, 1.807) is 38.3 Å². The molecule has 2 aromatic carbocycles. The molecule has 0 aliphatic heterocycles. The summed E-state index contributed by atoms with van der Waals surface area (Å²) in [5.41, 5.74) is 0.680. The molecule has 0 saturated heterocycles. The number of halogens is 1. The average molecular weight is 353 g/mol. The number of ether oxygens (including phenoxy) is 2. The summed E-state index contributed by atoms with van der Waals surface area (Å²) < 4.78 is 50.6. The summed E-state index contributed by atoms with van der Waals surface area (Å²) >= 11 is 0. The molecule has 1 atom stereocenters. The van der Waals surface area contributed by atoms with E-state index in [-0.39, 0.29) is 10.7 Å². The molecule has 0 aliphatic carbocycles. The first-order valence-corrected chi connectivity index (χ1v) is 8.90. The summed E-state index contributed by atoms with van der Waals surface area (Å²) in [6, 6.07) is 11.3.